The Morgan fingerprint density at radius 3 is 2.51 bits per heavy atom. The highest BCUT2D eigenvalue weighted by molar-refractivity contribution is 5.96. The molecule has 172 valence electrons. The van der Waals surface area contributed by atoms with Crippen LogP contribution in [0.4, 0.5) is 10.1 Å². The lowest BCUT2D eigenvalue weighted by molar-refractivity contribution is 0.622. The largest absolute Gasteiger partial charge is 0.382 e. The van der Waals surface area contributed by atoms with Crippen LogP contribution in [0, 0.1) is 5.82 Å². The van der Waals surface area contributed by atoms with E-state index in [4.69, 9.17) is 4.98 Å². The fourth-order valence-corrected chi connectivity index (χ4v) is 4.07. The van der Waals surface area contributed by atoms with Crippen molar-refractivity contribution in [3.63, 3.8) is 0 Å². The van der Waals surface area contributed by atoms with Crippen LogP contribution in [0.2, 0.25) is 0 Å². The number of fused-ring (bicyclic) bond motifs is 2. The minimum Gasteiger partial charge on any atom is -0.382 e. The Labute approximate surface area is 198 Å². The van der Waals surface area contributed by atoms with Crippen molar-refractivity contribution in [3.8, 4) is 33.8 Å². The van der Waals surface area contributed by atoms with Gasteiger partial charge in [0, 0.05) is 59.3 Å². The maximum Gasteiger partial charge on any atom is 0.181 e. The molecule has 0 saturated carbocycles. The van der Waals surface area contributed by atoms with Gasteiger partial charge >= 0.3 is 0 Å². The van der Waals surface area contributed by atoms with Gasteiger partial charge in [-0.2, -0.15) is 5.10 Å². The predicted octanol–water partition coefficient (Wildman–Crippen LogP) is 4.98. The third kappa shape index (κ3) is 3.84. The maximum atomic E-state index is 13.8. The maximum absolute atomic E-state index is 13.8. The summed E-state index contributed by atoms with van der Waals surface area (Å²) in [5, 5.41) is 11.6. The molecule has 0 bridgehead atoms. The average molecular weight is 465 g/mol. The van der Waals surface area contributed by atoms with Crippen molar-refractivity contribution < 1.29 is 4.39 Å². The predicted molar refractivity (Wildman–Crippen MR) is 132 cm³/mol. The Hall–Kier alpha value is -4.73. The summed E-state index contributed by atoms with van der Waals surface area (Å²) in [4.78, 5) is 25.2. The van der Waals surface area contributed by atoms with Gasteiger partial charge in [0.1, 0.15) is 17.0 Å². The molecule has 0 aliphatic rings. The molecule has 0 radical (unpaired) electrons. The minimum atomic E-state index is -0.421. The summed E-state index contributed by atoms with van der Waals surface area (Å²) in [5.74, 6) is 0.156. The second-order valence-corrected chi connectivity index (χ2v) is 8.52. The van der Waals surface area contributed by atoms with Gasteiger partial charge in [0.15, 0.2) is 11.5 Å². The van der Waals surface area contributed by atoms with Crippen molar-refractivity contribution in [2.45, 2.75) is 19.9 Å². The molecule has 0 aliphatic carbocycles. The number of halogens is 1. The number of aromatic nitrogens is 8. The second-order valence-electron chi connectivity index (χ2n) is 8.52. The topological polar surface area (TPSA) is 121 Å². The highest BCUT2D eigenvalue weighted by atomic mass is 19.1. The molecule has 0 fully saturated rings. The van der Waals surface area contributed by atoms with Crippen LogP contribution in [0.1, 0.15) is 13.8 Å². The first kappa shape index (κ1) is 20.8. The van der Waals surface area contributed by atoms with Gasteiger partial charge in [-0.25, -0.2) is 14.4 Å². The summed E-state index contributed by atoms with van der Waals surface area (Å²) < 4.78 is 13.8. The molecule has 0 atom stereocenters. The van der Waals surface area contributed by atoms with E-state index in [1.165, 1.54) is 12.3 Å². The first-order chi connectivity index (χ1) is 17.0. The van der Waals surface area contributed by atoms with Crippen LogP contribution in [0.25, 0.3) is 55.8 Å². The lowest BCUT2D eigenvalue weighted by Crippen LogP contribution is -2.09. The van der Waals surface area contributed by atoms with Gasteiger partial charge in [-0.3, -0.25) is 20.1 Å². The van der Waals surface area contributed by atoms with Crippen molar-refractivity contribution in [1.29, 1.82) is 0 Å². The molecule has 6 heterocycles. The Kier molecular flexibility index (Phi) is 4.91. The van der Waals surface area contributed by atoms with E-state index in [2.05, 4.69) is 54.3 Å². The quantitative estimate of drug-likeness (QED) is 0.328. The number of anilines is 1. The normalized spacial score (nSPS) is 11.5. The summed E-state index contributed by atoms with van der Waals surface area (Å²) in [5.41, 5.74) is 6.70. The molecule has 6 rings (SSSR count). The van der Waals surface area contributed by atoms with Crippen LogP contribution in [0.3, 0.4) is 0 Å². The SMILES string of the molecule is CC(C)Nc1cncc(-c2cnc3n[nH]c(-c4nc5c(-c6cncc(F)c6)cncc5[nH]4)c3c2)c1. The lowest BCUT2D eigenvalue weighted by atomic mass is 10.1. The molecule has 6 aromatic heterocycles. The molecule has 0 amide bonds. The molecule has 0 saturated heterocycles. The molecule has 10 heteroatoms. The fraction of sp³-hybridized carbons (Fsp3) is 0.120. The Balaban J connectivity index is 1.45. The van der Waals surface area contributed by atoms with E-state index in [1.807, 2.05) is 12.1 Å². The summed E-state index contributed by atoms with van der Waals surface area (Å²) in [6.07, 6.45) is 11.5. The molecule has 0 aromatic carbocycles. The summed E-state index contributed by atoms with van der Waals surface area (Å²) in [6, 6.07) is 5.77. The zero-order chi connectivity index (χ0) is 23.9. The molecule has 0 unspecified atom stereocenters. The molecule has 6 aromatic rings. The van der Waals surface area contributed by atoms with E-state index in [0.29, 0.717) is 45.4 Å². The van der Waals surface area contributed by atoms with E-state index < -0.39 is 5.82 Å². The number of hydrogen-bond donors (Lipinski definition) is 3. The highest BCUT2D eigenvalue weighted by Crippen LogP contribution is 2.32. The first-order valence-corrected chi connectivity index (χ1v) is 11.1. The molecule has 0 aliphatic heterocycles. The van der Waals surface area contributed by atoms with Crippen molar-refractivity contribution in [2.75, 3.05) is 5.32 Å². The van der Waals surface area contributed by atoms with Gasteiger partial charge in [0.25, 0.3) is 0 Å². The van der Waals surface area contributed by atoms with E-state index >= 15 is 0 Å². The zero-order valence-electron chi connectivity index (χ0n) is 18.9. The number of pyridine rings is 4. The van der Waals surface area contributed by atoms with Crippen LogP contribution < -0.4 is 5.32 Å². The van der Waals surface area contributed by atoms with Gasteiger partial charge in [0.05, 0.1) is 29.0 Å². The van der Waals surface area contributed by atoms with Crippen molar-refractivity contribution >= 4 is 27.8 Å². The first-order valence-electron chi connectivity index (χ1n) is 11.1. The third-order valence-corrected chi connectivity index (χ3v) is 5.58. The highest BCUT2D eigenvalue weighted by Gasteiger charge is 2.17. The van der Waals surface area contributed by atoms with E-state index in [-0.39, 0.29) is 0 Å². The van der Waals surface area contributed by atoms with Gasteiger partial charge in [0.2, 0.25) is 0 Å². The Morgan fingerprint density at radius 1 is 0.857 bits per heavy atom. The summed E-state index contributed by atoms with van der Waals surface area (Å²) >= 11 is 0. The molecule has 9 nitrogen and oxygen atoms in total. The number of nitrogens with one attached hydrogen (secondary N) is 3. The number of aromatic amines is 2. The van der Waals surface area contributed by atoms with Crippen LogP contribution in [0.15, 0.2) is 61.6 Å². The molecular formula is C25H20FN9. The average Bonchev–Trinajstić information content (AvgIpc) is 3.47. The van der Waals surface area contributed by atoms with E-state index in [9.17, 15) is 4.39 Å². The van der Waals surface area contributed by atoms with E-state index in [0.717, 1.165) is 22.2 Å². The number of nitrogens with zero attached hydrogens (tertiary/aromatic N) is 6. The number of H-pyrrole nitrogens is 2. The number of hydrogen-bond acceptors (Lipinski definition) is 7. The minimum absolute atomic E-state index is 0.295. The third-order valence-electron chi connectivity index (χ3n) is 5.58. The molecular weight excluding hydrogens is 445 g/mol. The van der Waals surface area contributed by atoms with Gasteiger partial charge < -0.3 is 10.3 Å². The van der Waals surface area contributed by atoms with Crippen LogP contribution >= 0.6 is 0 Å². The fourth-order valence-electron chi connectivity index (χ4n) is 4.07. The smallest absolute Gasteiger partial charge is 0.181 e. The van der Waals surface area contributed by atoms with Crippen LogP contribution in [-0.2, 0) is 0 Å². The van der Waals surface area contributed by atoms with Crippen molar-refractivity contribution in [2.24, 2.45) is 0 Å². The zero-order valence-corrected chi connectivity index (χ0v) is 18.9. The Bertz CT molecular complexity index is 1690. The van der Waals surface area contributed by atoms with Crippen molar-refractivity contribution in [3.05, 3.63) is 67.4 Å². The van der Waals surface area contributed by atoms with Crippen LogP contribution in [0.5, 0.6) is 0 Å². The van der Waals surface area contributed by atoms with Gasteiger partial charge in [-0.05, 0) is 32.0 Å². The van der Waals surface area contributed by atoms with E-state index in [1.54, 1.807) is 37.2 Å². The van der Waals surface area contributed by atoms with Gasteiger partial charge in [-0.15, -0.1) is 0 Å². The van der Waals surface area contributed by atoms with Crippen LogP contribution in [-0.4, -0.2) is 46.1 Å². The molecule has 0 spiro atoms. The Morgan fingerprint density at radius 2 is 1.66 bits per heavy atom. The standard InChI is InChI=1S/C25H20FN9/c1-13(2)31-18-4-14(6-28-10-18)15-5-19-23(34-35-24(19)30-8-15)25-32-21-12-29-11-20(22(21)33-25)16-3-17(26)9-27-7-16/h3-13,31H,1-2H3,(H,32,33)(H,30,34,35). The van der Waals surface area contributed by atoms with Gasteiger partial charge in [-0.1, -0.05) is 0 Å². The second kappa shape index (κ2) is 8.24. The lowest BCUT2D eigenvalue weighted by Gasteiger charge is -2.10. The summed E-state index contributed by atoms with van der Waals surface area (Å²) in [6.45, 7) is 4.16. The monoisotopic (exact) mass is 465 g/mol. The van der Waals surface area contributed by atoms with Crippen molar-refractivity contribution in [1.82, 2.24) is 40.1 Å². The molecule has 3 N–H and O–H groups in total. The summed E-state index contributed by atoms with van der Waals surface area (Å²) in [7, 11) is 0. The molecule has 35 heavy (non-hydrogen) atoms. The number of imidazole rings is 1. The number of rotatable bonds is 5.